The summed E-state index contributed by atoms with van der Waals surface area (Å²) in [5.74, 6) is 0.903. The lowest BCUT2D eigenvalue weighted by Crippen LogP contribution is -2.33. The smallest absolute Gasteiger partial charge is 0.0468 e. The summed E-state index contributed by atoms with van der Waals surface area (Å²) in [6.45, 7) is 7.68. The van der Waals surface area contributed by atoms with Crippen molar-refractivity contribution < 1.29 is 4.74 Å². The maximum Gasteiger partial charge on any atom is 0.0468 e. The van der Waals surface area contributed by atoms with Crippen LogP contribution in [0.25, 0.3) is 0 Å². The normalized spacial score (nSPS) is 19.9. The Balaban J connectivity index is 2.23. The fourth-order valence-electron chi connectivity index (χ4n) is 2.49. The van der Waals surface area contributed by atoms with Gasteiger partial charge < -0.3 is 10.1 Å². The van der Waals surface area contributed by atoms with Crippen LogP contribution in [0.5, 0.6) is 0 Å². The molecule has 0 bridgehead atoms. The first-order chi connectivity index (χ1) is 7.86. The summed E-state index contributed by atoms with van der Waals surface area (Å²) in [4.78, 5) is 0. The van der Waals surface area contributed by atoms with Crippen LogP contribution in [0.1, 0.15) is 58.8 Å². The van der Waals surface area contributed by atoms with E-state index < -0.39 is 0 Å². The molecule has 0 spiro atoms. The molecule has 1 heterocycles. The van der Waals surface area contributed by atoms with Gasteiger partial charge in [0.2, 0.25) is 0 Å². The van der Waals surface area contributed by atoms with Crippen molar-refractivity contribution in [2.75, 3.05) is 19.8 Å². The molecule has 0 aromatic rings. The Kier molecular flexibility index (Phi) is 7.87. The van der Waals surface area contributed by atoms with Crippen LogP contribution in [-0.2, 0) is 4.74 Å². The molecule has 0 saturated carbocycles. The minimum Gasteiger partial charge on any atom is -0.381 e. The molecule has 1 rings (SSSR count). The van der Waals surface area contributed by atoms with E-state index in [2.05, 4.69) is 19.2 Å². The zero-order valence-electron chi connectivity index (χ0n) is 11.1. The number of hydrogen-bond donors (Lipinski definition) is 1. The van der Waals surface area contributed by atoms with Crippen molar-refractivity contribution in [3.8, 4) is 0 Å². The second-order valence-corrected chi connectivity index (χ2v) is 5.08. The molecule has 0 radical (unpaired) electrons. The lowest BCUT2D eigenvalue weighted by Gasteiger charge is -2.27. The third-order valence-corrected chi connectivity index (χ3v) is 3.55. The lowest BCUT2D eigenvalue weighted by molar-refractivity contribution is 0.0601. The quantitative estimate of drug-likeness (QED) is 0.686. The van der Waals surface area contributed by atoms with Gasteiger partial charge in [-0.1, -0.05) is 26.7 Å². The first kappa shape index (κ1) is 14.0. The molecule has 2 heteroatoms. The molecule has 1 aliphatic rings. The fourth-order valence-corrected chi connectivity index (χ4v) is 2.49. The summed E-state index contributed by atoms with van der Waals surface area (Å²) in [5, 5.41) is 3.71. The van der Waals surface area contributed by atoms with E-state index in [1.54, 1.807) is 0 Å². The van der Waals surface area contributed by atoms with E-state index in [0.717, 1.165) is 25.2 Å². The molecule has 1 atom stereocenters. The number of unbranched alkanes of at least 4 members (excludes halogenated alkanes) is 1. The second-order valence-electron chi connectivity index (χ2n) is 5.08. The van der Waals surface area contributed by atoms with Crippen molar-refractivity contribution in [3.63, 3.8) is 0 Å². The summed E-state index contributed by atoms with van der Waals surface area (Å²) < 4.78 is 5.42. The van der Waals surface area contributed by atoms with Gasteiger partial charge in [0.25, 0.3) is 0 Å². The van der Waals surface area contributed by atoms with Crippen molar-refractivity contribution in [1.29, 1.82) is 0 Å². The number of ether oxygens (including phenoxy) is 1. The predicted molar refractivity (Wildman–Crippen MR) is 69.8 cm³/mol. The molecule has 1 unspecified atom stereocenters. The predicted octanol–water partition coefficient (Wildman–Crippen LogP) is 3.36. The van der Waals surface area contributed by atoms with Gasteiger partial charge in [-0.3, -0.25) is 0 Å². The van der Waals surface area contributed by atoms with E-state index >= 15 is 0 Å². The van der Waals surface area contributed by atoms with Crippen LogP contribution in [-0.4, -0.2) is 25.8 Å². The molecule has 0 aromatic heterocycles. The fraction of sp³-hybridized carbons (Fsp3) is 1.00. The molecule has 2 nitrogen and oxygen atoms in total. The van der Waals surface area contributed by atoms with E-state index in [1.807, 2.05) is 0 Å². The van der Waals surface area contributed by atoms with Gasteiger partial charge in [0.15, 0.2) is 0 Å². The highest BCUT2D eigenvalue weighted by Crippen LogP contribution is 2.22. The highest BCUT2D eigenvalue weighted by molar-refractivity contribution is 4.73. The van der Waals surface area contributed by atoms with Gasteiger partial charge in [0.05, 0.1) is 0 Å². The minimum atomic E-state index is 0.753. The Morgan fingerprint density at radius 1 is 1.19 bits per heavy atom. The third kappa shape index (κ3) is 5.86. The number of hydrogen-bond acceptors (Lipinski definition) is 2. The first-order valence-corrected chi connectivity index (χ1v) is 7.18. The zero-order valence-corrected chi connectivity index (χ0v) is 11.1. The molecule has 0 aromatic carbocycles. The molecule has 1 saturated heterocycles. The lowest BCUT2D eigenvalue weighted by atomic mass is 9.90. The minimum absolute atomic E-state index is 0.753. The van der Waals surface area contributed by atoms with Crippen molar-refractivity contribution >= 4 is 0 Å². The van der Waals surface area contributed by atoms with Crippen LogP contribution in [0.3, 0.4) is 0 Å². The molecule has 0 aliphatic carbocycles. The van der Waals surface area contributed by atoms with Crippen LogP contribution >= 0.6 is 0 Å². The zero-order chi connectivity index (χ0) is 11.6. The van der Waals surface area contributed by atoms with E-state index in [0.29, 0.717) is 0 Å². The van der Waals surface area contributed by atoms with Gasteiger partial charge in [-0.15, -0.1) is 0 Å². The van der Waals surface area contributed by atoms with Crippen LogP contribution < -0.4 is 5.32 Å². The maximum atomic E-state index is 5.42. The Bertz CT molecular complexity index is 147. The summed E-state index contributed by atoms with van der Waals surface area (Å²) in [5.41, 5.74) is 0. The van der Waals surface area contributed by atoms with Gasteiger partial charge >= 0.3 is 0 Å². The van der Waals surface area contributed by atoms with E-state index in [-0.39, 0.29) is 0 Å². The highest BCUT2D eigenvalue weighted by Gasteiger charge is 2.18. The van der Waals surface area contributed by atoms with Crippen molar-refractivity contribution in [2.45, 2.75) is 64.8 Å². The third-order valence-electron chi connectivity index (χ3n) is 3.55. The van der Waals surface area contributed by atoms with Crippen molar-refractivity contribution in [2.24, 2.45) is 5.92 Å². The molecule has 1 fully saturated rings. The highest BCUT2D eigenvalue weighted by atomic mass is 16.5. The van der Waals surface area contributed by atoms with E-state index in [1.165, 1.54) is 51.5 Å². The van der Waals surface area contributed by atoms with Gasteiger partial charge in [-0.25, -0.2) is 0 Å². The van der Waals surface area contributed by atoms with Crippen molar-refractivity contribution in [1.82, 2.24) is 5.32 Å². The van der Waals surface area contributed by atoms with Crippen molar-refractivity contribution in [3.05, 3.63) is 0 Å². The van der Waals surface area contributed by atoms with Gasteiger partial charge in [0, 0.05) is 19.3 Å². The average molecular weight is 227 g/mol. The van der Waals surface area contributed by atoms with Gasteiger partial charge in [-0.05, 0) is 44.6 Å². The molecule has 16 heavy (non-hydrogen) atoms. The largest absolute Gasteiger partial charge is 0.381 e. The standard InChI is InChI=1S/C14H29NO/c1-3-5-6-14(15-9-4-2)12-13-7-10-16-11-8-13/h13-15H,3-12H2,1-2H3. The second kappa shape index (κ2) is 9.00. The maximum absolute atomic E-state index is 5.42. The summed E-state index contributed by atoms with van der Waals surface area (Å²) >= 11 is 0. The van der Waals surface area contributed by atoms with Gasteiger partial charge in [-0.2, -0.15) is 0 Å². The Morgan fingerprint density at radius 3 is 2.56 bits per heavy atom. The summed E-state index contributed by atoms with van der Waals surface area (Å²) in [6.07, 6.45) is 9.20. The van der Waals surface area contributed by atoms with Crippen LogP contribution in [0.4, 0.5) is 0 Å². The number of rotatable bonds is 8. The van der Waals surface area contributed by atoms with Gasteiger partial charge in [0.1, 0.15) is 0 Å². The Labute approximate surface area is 101 Å². The molecular formula is C14H29NO. The average Bonchev–Trinajstić information content (AvgIpc) is 2.34. The SMILES string of the molecule is CCCCC(CC1CCOCC1)NCCC. The summed E-state index contributed by atoms with van der Waals surface area (Å²) in [7, 11) is 0. The first-order valence-electron chi connectivity index (χ1n) is 7.18. The molecule has 96 valence electrons. The topological polar surface area (TPSA) is 21.3 Å². The molecule has 1 aliphatic heterocycles. The Hall–Kier alpha value is -0.0800. The Morgan fingerprint density at radius 2 is 1.94 bits per heavy atom. The molecule has 1 N–H and O–H groups in total. The number of nitrogens with one attached hydrogen (secondary N) is 1. The van der Waals surface area contributed by atoms with Crippen LogP contribution in [0.15, 0.2) is 0 Å². The summed E-state index contributed by atoms with van der Waals surface area (Å²) in [6, 6.07) is 0.753. The van der Waals surface area contributed by atoms with Crippen LogP contribution in [0.2, 0.25) is 0 Å². The molecule has 0 amide bonds. The van der Waals surface area contributed by atoms with Crippen LogP contribution in [0, 0.1) is 5.92 Å². The molecular weight excluding hydrogens is 198 g/mol. The van der Waals surface area contributed by atoms with E-state index in [9.17, 15) is 0 Å². The monoisotopic (exact) mass is 227 g/mol. The van der Waals surface area contributed by atoms with E-state index in [4.69, 9.17) is 4.74 Å².